The van der Waals surface area contributed by atoms with Gasteiger partial charge >= 0.3 is 0 Å². The van der Waals surface area contributed by atoms with E-state index in [1.807, 2.05) is 0 Å². The molecule has 0 spiro atoms. The molecule has 3 heteroatoms. The van der Waals surface area contributed by atoms with Crippen LogP contribution in [0.25, 0.3) is 0 Å². The number of hydrogen-bond donors (Lipinski definition) is 1. The van der Waals surface area contributed by atoms with E-state index in [1.165, 1.54) is 25.7 Å². The third-order valence-corrected chi connectivity index (χ3v) is 3.31. The Labute approximate surface area is 86.2 Å². The fourth-order valence-electron chi connectivity index (χ4n) is 2.12. The highest BCUT2D eigenvalue weighted by atomic mass is 16.7. The molecule has 0 radical (unpaired) electrons. The van der Waals surface area contributed by atoms with Crippen LogP contribution in [0.15, 0.2) is 0 Å². The van der Waals surface area contributed by atoms with Gasteiger partial charge in [0.05, 0.1) is 0 Å². The molecule has 3 nitrogen and oxygen atoms in total. The van der Waals surface area contributed by atoms with E-state index in [0.717, 1.165) is 24.4 Å². The molecule has 2 aliphatic carbocycles. The van der Waals surface area contributed by atoms with Crippen molar-refractivity contribution in [2.24, 2.45) is 11.8 Å². The Balaban J connectivity index is 1.70. The monoisotopic (exact) mass is 199 g/mol. The molecule has 0 aromatic heterocycles. The first-order valence-electron chi connectivity index (χ1n) is 5.64. The Kier molecular flexibility index (Phi) is 3.42. The van der Waals surface area contributed by atoms with E-state index in [0.29, 0.717) is 0 Å². The van der Waals surface area contributed by atoms with Gasteiger partial charge in [0.25, 0.3) is 0 Å². The summed E-state index contributed by atoms with van der Waals surface area (Å²) in [6.45, 7) is 0.824. The zero-order valence-electron chi connectivity index (χ0n) is 9.16. The summed E-state index contributed by atoms with van der Waals surface area (Å²) in [5, 5.41) is 3.60. The van der Waals surface area contributed by atoms with Crippen LogP contribution in [0.3, 0.4) is 0 Å². The lowest BCUT2D eigenvalue weighted by atomic mass is 10.1. The third-order valence-electron chi connectivity index (χ3n) is 3.31. The van der Waals surface area contributed by atoms with Gasteiger partial charge in [-0.2, -0.15) is 0 Å². The van der Waals surface area contributed by atoms with E-state index in [2.05, 4.69) is 5.32 Å². The summed E-state index contributed by atoms with van der Waals surface area (Å²) in [7, 11) is 3.39. The molecule has 14 heavy (non-hydrogen) atoms. The van der Waals surface area contributed by atoms with Gasteiger partial charge in [-0.05, 0) is 37.5 Å². The van der Waals surface area contributed by atoms with Gasteiger partial charge in [-0.15, -0.1) is 0 Å². The first-order chi connectivity index (χ1) is 6.85. The van der Waals surface area contributed by atoms with Crippen molar-refractivity contribution in [3.05, 3.63) is 0 Å². The Morgan fingerprint density at radius 3 is 1.93 bits per heavy atom. The molecule has 82 valence electrons. The van der Waals surface area contributed by atoms with E-state index in [9.17, 15) is 0 Å². The fourth-order valence-corrected chi connectivity index (χ4v) is 2.12. The lowest BCUT2D eigenvalue weighted by Gasteiger charge is -2.21. The van der Waals surface area contributed by atoms with Crippen LogP contribution in [0.1, 0.15) is 25.7 Å². The van der Waals surface area contributed by atoms with Gasteiger partial charge in [-0.1, -0.05) is 0 Å². The molecule has 2 saturated carbocycles. The lowest BCUT2D eigenvalue weighted by molar-refractivity contribution is -0.100. The zero-order valence-corrected chi connectivity index (χ0v) is 9.16. The summed E-state index contributed by atoms with van der Waals surface area (Å²) in [6.07, 6.45) is 5.57. The first kappa shape index (κ1) is 10.4. The molecule has 0 aromatic rings. The maximum absolute atomic E-state index is 5.17. The third kappa shape index (κ3) is 2.69. The van der Waals surface area contributed by atoms with Crippen molar-refractivity contribution in [3.8, 4) is 0 Å². The van der Waals surface area contributed by atoms with Crippen molar-refractivity contribution in [2.45, 2.75) is 38.0 Å². The molecule has 2 aliphatic rings. The second-order valence-electron chi connectivity index (χ2n) is 4.51. The van der Waals surface area contributed by atoms with Gasteiger partial charge in [-0.25, -0.2) is 0 Å². The average Bonchev–Trinajstić information content (AvgIpc) is 3.03. The van der Waals surface area contributed by atoms with Crippen LogP contribution >= 0.6 is 0 Å². The fraction of sp³-hybridized carbons (Fsp3) is 1.00. The maximum atomic E-state index is 5.17. The van der Waals surface area contributed by atoms with Crippen molar-refractivity contribution in [3.63, 3.8) is 0 Å². The van der Waals surface area contributed by atoms with E-state index < -0.39 is 0 Å². The maximum Gasteiger partial charge on any atom is 0.169 e. The topological polar surface area (TPSA) is 30.5 Å². The number of rotatable bonds is 7. The minimum absolute atomic E-state index is 0.0880. The number of methoxy groups -OCH3 is 2. The molecular formula is C11H21NO2. The van der Waals surface area contributed by atoms with Crippen LogP contribution in [0.2, 0.25) is 0 Å². The smallest absolute Gasteiger partial charge is 0.169 e. The minimum Gasteiger partial charge on any atom is -0.355 e. The van der Waals surface area contributed by atoms with Crippen LogP contribution in [0.4, 0.5) is 0 Å². The van der Waals surface area contributed by atoms with Crippen LogP contribution < -0.4 is 5.32 Å². The van der Waals surface area contributed by atoms with E-state index in [1.54, 1.807) is 14.2 Å². The predicted octanol–water partition coefficient (Wildman–Crippen LogP) is 1.38. The Morgan fingerprint density at radius 2 is 1.57 bits per heavy atom. The summed E-state index contributed by atoms with van der Waals surface area (Å²) in [6, 6.07) is 0.739. The van der Waals surface area contributed by atoms with E-state index >= 15 is 0 Å². The van der Waals surface area contributed by atoms with Crippen LogP contribution in [0.5, 0.6) is 0 Å². The number of ether oxygens (including phenoxy) is 2. The van der Waals surface area contributed by atoms with Gasteiger partial charge in [-0.3, -0.25) is 0 Å². The minimum atomic E-state index is -0.0880. The largest absolute Gasteiger partial charge is 0.355 e. The van der Waals surface area contributed by atoms with Crippen LogP contribution in [0, 0.1) is 11.8 Å². The molecule has 1 N–H and O–H groups in total. The van der Waals surface area contributed by atoms with Gasteiger partial charge in [0.15, 0.2) is 6.29 Å². The highest BCUT2D eigenvalue weighted by Crippen LogP contribution is 2.44. The summed E-state index contributed by atoms with van der Waals surface area (Å²) in [5.41, 5.74) is 0. The molecule has 0 saturated heterocycles. The van der Waals surface area contributed by atoms with Gasteiger partial charge in [0, 0.05) is 26.8 Å². The molecule has 0 aliphatic heterocycles. The quantitative estimate of drug-likeness (QED) is 0.628. The van der Waals surface area contributed by atoms with Gasteiger partial charge in [0.1, 0.15) is 0 Å². The predicted molar refractivity (Wildman–Crippen MR) is 55.0 cm³/mol. The number of nitrogens with one attached hydrogen (secondary N) is 1. The summed E-state index contributed by atoms with van der Waals surface area (Å²) < 4.78 is 10.3. The Morgan fingerprint density at radius 1 is 1.07 bits per heavy atom. The van der Waals surface area contributed by atoms with Crippen molar-refractivity contribution in [2.75, 3.05) is 20.8 Å². The molecule has 2 fully saturated rings. The zero-order chi connectivity index (χ0) is 9.97. The highest BCUT2D eigenvalue weighted by Gasteiger charge is 2.41. The number of hydrogen-bond acceptors (Lipinski definition) is 3. The normalized spacial score (nSPS) is 22.3. The van der Waals surface area contributed by atoms with Crippen molar-refractivity contribution < 1.29 is 9.47 Å². The highest BCUT2D eigenvalue weighted by molar-refractivity contribution is 4.96. The average molecular weight is 199 g/mol. The molecule has 2 rings (SSSR count). The molecule has 0 bridgehead atoms. The molecule has 0 aromatic carbocycles. The summed E-state index contributed by atoms with van der Waals surface area (Å²) >= 11 is 0. The summed E-state index contributed by atoms with van der Waals surface area (Å²) in [5.74, 6) is 1.88. The van der Waals surface area contributed by atoms with Crippen molar-refractivity contribution in [1.29, 1.82) is 0 Å². The van der Waals surface area contributed by atoms with Crippen LogP contribution in [-0.4, -0.2) is 33.1 Å². The Hall–Kier alpha value is -0.120. The molecular weight excluding hydrogens is 178 g/mol. The second kappa shape index (κ2) is 4.60. The summed E-state index contributed by atoms with van der Waals surface area (Å²) in [4.78, 5) is 0. The van der Waals surface area contributed by atoms with Gasteiger partial charge < -0.3 is 14.8 Å². The lowest BCUT2D eigenvalue weighted by Crippen LogP contribution is -2.39. The van der Waals surface area contributed by atoms with Crippen molar-refractivity contribution in [1.82, 2.24) is 5.32 Å². The van der Waals surface area contributed by atoms with Crippen LogP contribution in [-0.2, 0) is 9.47 Å². The SMILES string of the molecule is COC(CNC(C1CC1)C1CC1)OC. The van der Waals surface area contributed by atoms with E-state index in [4.69, 9.17) is 9.47 Å². The molecule has 0 amide bonds. The van der Waals surface area contributed by atoms with Crippen molar-refractivity contribution >= 4 is 0 Å². The standard InChI is InChI=1S/C11H21NO2/c1-13-10(14-2)7-12-11(8-3-4-8)9-5-6-9/h8-12H,3-7H2,1-2H3. The van der Waals surface area contributed by atoms with E-state index in [-0.39, 0.29) is 6.29 Å². The molecule has 0 heterocycles. The van der Waals surface area contributed by atoms with Gasteiger partial charge in [0.2, 0.25) is 0 Å². The second-order valence-corrected chi connectivity index (χ2v) is 4.51. The molecule has 0 unspecified atom stereocenters. The molecule has 0 atom stereocenters. The Bertz CT molecular complexity index is 162. The first-order valence-corrected chi connectivity index (χ1v) is 5.64.